The van der Waals surface area contributed by atoms with E-state index in [1.54, 1.807) is 6.07 Å². The van der Waals surface area contributed by atoms with Gasteiger partial charge in [-0.25, -0.2) is 4.79 Å². The van der Waals surface area contributed by atoms with Crippen molar-refractivity contribution in [3.05, 3.63) is 68.2 Å². The number of carboxylic acids is 1. The number of rotatable bonds is 3. The standard InChI is InChI=1S/C15H11ClN2O4/c16-11-2-1-9-7-17(8-10(9)5-11)14-4-3-12(18(21)22)6-13(14)15(19)20/h1-6H,7-8H2,(H,19,20). The largest absolute Gasteiger partial charge is 0.478 e. The van der Waals surface area contributed by atoms with Gasteiger partial charge >= 0.3 is 5.97 Å². The van der Waals surface area contributed by atoms with Crippen LogP contribution in [0.2, 0.25) is 5.02 Å². The Labute approximate surface area is 130 Å². The van der Waals surface area contributed by atoms with Gasteiger partial charge in [0.1, 0.15) is 0 Å². The molecule has 1 N–H and O–H groups in total. The van der Waals surface area contributed by atoms with Gasteiger partial charge in [0.2, 0.25) is 0 Å². The number of aromatic carboxylic acids is 1. The first-order valence-corrected chi connectivity index (χ1v) is 6.87. The van der Waals surface area contributed by atoms with Crippen molar-refractivity contribution in [3.8, 4) is 0 Å². The van der Waals surface area contributed by atoms with Crippen LogP contribution in [0, 0.1) is 10.1 Å². The van der Waals surface area contributed by atoms with Crippen LogP contribution in [0.3, 0.4) is 0 Å². The maximum Gasteiger partial charge on any atom is 0.338 e. The van der Waals surface area contributed by atoms with Crippen LogP contribution < -0.4 is 4.90 Å². The maximum absolute atomic E-state index is 11.4. The van der Waals surface area contributed by atoms with Crippen molar-refractivity contribution in [2.24, 2.45) is 0 Å². The number of carboxylic acid groups (broad SMARTS) is 1. The fourth-order valence-electron chi connectivity index (χ4n) is 2.62. The van der Waals surface area contributed by atoms with Crippen LogP contribution in [0.25, 0.3) is 0 Å². The highest BCUT2D eigenvalue weighted by Crippen LogP contribution is 2.33. The first kappa shape index (κ1) is 14.3. The monoisotopic (exact) mass is 318 g/mol. The molecule has 0 radical (unpaired) electrons. The van der Waals surface area contributed by atoms with E-state index in [1.165, 1.54) is 12.1 Å². The fraction of sp³-hybridized carbons (Fsp3) is 0.133. The van der Waals surface area contributed by atoms with E-state index in [2.05, 4.69) is 0 Å². The van der Waals surface area contributed by atoms with Gasteiger partial charge in [-0.3, -0.25) is 10.1 Å². The van der Waals surface area contributed by atoms with Crippen LogP contribution in [0.4, 0.5) is 11.4 Å². The zero-order valence-corrected chi connectivity index (χ0v) is 12.1. The Bertz CT molecular complexity index is 791. The highest BCUT2D eigenvalue weighted by atomic mass is 35.5. The molecule has 0 saturated carbocycles. The number of nitro groups is 1. The molecule has 1 heterocycles. The van der Waals surface area contributed by atoms with E-state index in [-0.39, 0.29) is 11.3 Å². The molecule has 0 spiro atoms. The molecular weight excluding hydrogens is 308 g/mol. The van der Waals surface area contributed by atoms with Gasteiger partial charge in [-0.2, -0.15) is 0 Å². The van der Waals surface area contributed by atoms with E-state index in [1.807, 2.05) is 17.0 Å². The number of nitrogens with zero attached hydrogens (tertiary/aromatic N) is 2. The summed E-state index contributed by atoms with van der Waals surface area (Å²) in [5, 5.41) is 20.8. The Hall–Kier alpha value is -2.60. The van der Waals surface area contributed by atoms with Crippen molar-refractivity contribution in [2.75, 3.05) is 4.90 Å². The molecule has 2 aromatic carbocycles. The zero-order chi connectivity index (χ0) is 15.9. The van der Waals surface area contributed by atoms with E-state index in [0.29, 0.717) is 23.8 Å². The van der Waals surface area contributed by atoms with Crippen LogP contribution in [-0.2, 0) is 13.1 Å². The van der Waals surface area contributed by atoms with Crippen molar-refractivity contribution >= 4 is 28.9 Å². The van der Waals surface area contributed by atoms with Gasteiger partial charge in [-0.05, 0) is 29.3 Å². The molecule has 0 unspecified atom stereocenters. The summed E-state index contributed by atoms with van der Waals surface area (Å²) in [6.07, 6.45) is 0. The fourth-order valence-corrected chi connectivity index (χ4v) is 2.81. The summed E-state index contributed by atoms with van der Waals surface area (Å²) in [7, 11) is 0. The lowest BCUT2D eigenvalue weighted by molar-refractivity contribution is -0.384. The molecule has 0 aromatic heterocycles. The Morgan fingerprint density at radius 3 is 2.59 bits per heavy atom. The van der Waals surface area contributed by atoms with Crippen LogP contribution in [-0.4, -0.2) is 16.0 Å². The highest BCUT2D eigenvalue weighted by Gasteiger charge is 2.25. The molecule has 0 aliphatic carbocycles. The molecule has 22 heavy (non-hydrogen) atoms. The zero-order valence-electron chi connectivity index (χ0n) is 11.3. The summed E-state index contributed by atoms with van der Waals surface area (Å²) >= 11 is 5.97. The SMILES string of the molecule is O=C(O)c1cc([N+](=O)[O-])ccc1N1Cc2ccc(Cl)cc2C1. The Kier molecular flexibility index (Phi) is 3.46. The van der Waals surface area contributed by atoms with Crippen molar-refractivity contribution in [2.45, 2.75) is 13.1 Å². The van der Waals surface area contributed by atoms with Gasteiger partial charge in [0.05, 0.1) is 16.2 Å². The molecule has 7 heteroatoms. The summed E-state index contributed by atoms with van der Waals surface area (Å²) in [4.78, 5) is 23.5. The average molecular weight is 319 g/mol. The number of non-ortho nitro benzene ring substituents is 1. The molecule has 0 atom stereocenters. The van der Waals surface area contributed by atoms with Gasteiger partial charge < -0.3 is 10.0 Å². The molecular formula is C15H11ClN2O4. The number of fused-ring (bicyclic) bond motifs is 1. The first-order valence-electron chi connectivity index (χ1n) is 6.49. The van der Waals surface area contributed by atoms with Crippen LogP contribution >= 0.6 is 11.6 Å². The molecule has 0 amide bonds. The van der Waals surface area contributed by atoms with Crippen LogP contribution in [0.5, 0.6) is 0 Å². The number of hydrogen-bond acceptors (Lipinski definition) is 4. The minimum absolute atomic E-state index is 0.0758. The molecule has 0 fully saturated rings. The van der Waals surface area contributed by atoms with Crippen molar-refractivity contribution < 1.29 is 14.8 Å². The minimum atomic E-state index is -1.19. The summed E-state index contributed by atoms with van der Waals surface area (Å²) in [5.74, 6) is -1.19. The van der Waals surface area contributed by atoms with Crippen LogP contribution in [0.1, 0.15) is 21.5 Å². The summed E-state index contributed by atoms with van der Waals surface area (Å²) in [6, 6.07) is 9.44. The van der Waals surface area contributed by atoms with Gasteiger partial charge in [0.25, 0.3) is 5.69 Å². The first-order chi connectivity index (χ1) is 10.5. The molecule has 112 valence electrons. The quantitative estimate of drug-likeness (QED) is 0.692. The predicted molar refractivity (Wildman–Crippen MR) is 81.4 cm³/mol. The van der Waals surface area contributed by atoms with E-state index >= 15 is 0 Å². The molecule has 0 saturated heterocycles. The van der Waals surface area contributed by atoms with E-state index in [0.717, 1.165) is 17.2 Å². The van der Waals surface area contributed by atoms with E-state index in [4.69, 9.17) is 11.6 Å². The molecule has 6 nitrogen and oxygen atoms in total. The second kappa shape index (κ2) is 5.31. The number of benzene rings is 2. The molecule has 0 bridgehead atoms. The average Bonchev–Trinajstić information content (AvgIpc) is 2.89. The third-order valence-electron chi connectivity index (χ3n) is 3.65. The summed E-state index contributed by atoms with van der Waals surface area (Å²) in [5.41, 5.74) is 2.25. The van der Waals surface area contributed by atoms with E-state index < -0.39 is 10.9 Å². The Morgan fingerprint density at radius 1 is 1.18 bits per heavy atom. The van der Waals surface area contributed by atoms with Crippen molar-refractivity contribution in [1.29, 1.82) is 0 Å². The predicted octanol–water partition coefficient (Wildman–Crippen LogP) is 3.47. The smallest absolute Gasteiger partial charge is 0.338 e. The van der Waals surface area contributed by atoms with Gasteiger partial charge in [-0.15, -0.1) is 0 Å². The highest BCUT2D eigenvalue weighted by molar-refractivity contribution is 6.30. The molecule has 2 aromatic rings. The molecule has 1 aliphatic rings. The maximum atomic E-state index is 11.4. The lowest BCUT2D eigenvalue weighted by Gasteiger charge is -2.19. The third kappa shape index (κ3) is 2.48. The van der Waals surface area contributed by atoms with Gasteiger partial charge in [-0.1, -0.05) is 17.7 Å². The van der Waals surface area contributed by atoms with Gasteiger partial charge in [0, 0.05) is 30.2 Å². The number of carbonyl (C=O) groups is 1. The second-order valence-electron chi connectivity index (χ2n) is 5.03. The molecule has 3 rings (SSSR count). The topological polar surface area (TPSA) is 83.7 Å². The Morgan fingerprint density at radius 2 is 1.91 bits per heavy atom. The minimum Gasteiger partial charge on any atom is -0.478 e. The lowest BCUT2D eigenvalue weighted by Crippen LogP contribution is -2.18. The van der Waals surface area contributed by atoms with Gasteiger partial charge in [0.15, 0.2) is 0 Å². The van der Waals surface area contributed by atoms with E-state index in [9.17, 15) is 20.0 Å². The summed E-state index contributed by atoms with van der Waals surface area (Å²) < 4.78 is 0. The normalized spacial score (nSPS) is 13.0. The number of nitro benzene ring substituents is 1. The third-order valence-corrected chi connectivity index (χ3v) is 3.89. The number of halogens is 1. The van der Waals surface area contributed by atoms with Crippen molar-refractivity contribution in [3.63, 3.8) is 0 Å². The lowest BCUT2D eigenvalue weighted by atomic mass is 10.1. The Balaban J connectivity index is 2.00. The van der Waals surface area contributed by atoms with Crippen LogP contribution in [0.15, 0.2) is 36.4 Å². The molecule has 1 aliphatic heterocycles. The number of hydrogen-bond donors (Lipinski definition) is 1. The van der Waals surface area contributed by atoms with Crippen molar-refractivity contribution in [1.82, 2.24) is 0 Å². The second-order valence-corrected chi connectivity index (χ2v) is 5.47. The summed E-state index contributed by atoms with van der Waals surface area (Å²) in [6.45, 7) is 1.07. The number of anilines is 1.